The van der Waals surface area contributed by atoms with E-state index in [0.717, 1.165) is 12.1 Å². The number of halogens is 4. The van der Waals surface area contributed by atoms with E-state index in [1.165, 1.54) is 22.9 Å². The van der Waals surface area contributed by atoms with Crippen LogP contribution >= 0.6 is 11.6 Å². The van der Waals surface area contributed by atoms with Crippen molar-refractivity contribution < 1.29 is 13.2 Å². The largest absolute Gasteiger partial charge is 0.416 e. The Morgan fingerprint density at radius 3 is 2.39 bits per heavy atom. The molecule has 2 aromatic carbocycles. The fourth-order valence-electron chi connectivity index (χ4n) is 2.28. The van der Waals surface area contributed by atoms with E-state index in [0.29, 0.717) is 16.4 Å². The molecule has 118 valence electrons. The fraction of sp³-hybridized carbons (Fsp3) is 0.0625. The maximum absolute atomic E-state index is 12.9. The normalized spacial score (nSPS) is 11.7. The molecule has 7 heteroatoms. The average Bonchev–Trinajstić information content (AvgIpc) is 2.89. The first kappa shape index (κ1) is 15.4. The first-order valence-corrected chi connectivity index (χ1v) is 6.98. The minimum absolute atomic E-state index is 0.285. The number of aromatic amines is 1. The molecule has 0 atom stereocenters. The number of aromatic nitrogens is 2. The number of nitrogens with zero attached hydrogens (tertiary/aromatic N) is 1. The summed E-state index contributed by atoms with van der Waals surface area (Å²) in [5, 5.41) is 0.498. The summed E-state index contributed by atoms with van der Waals surface area (Å²) in [6, 6.07) is 11.3. The van der Waals surface area contributed by atoms with Crippen LogP contribution in [0.4, 0.5) is 13.2 Å². The first-order valence-electron chi connectivity index (χ1n) is 6.60. The van der Waals surface area contributed by atoms with Crippen molar-refractivity contribution in [3.8, 4) is 16.9 Å². The van der Waals surface area contributed by atoms with Gasteiger partial charge in [0.2, 0.25) is 0 Å². The van der Waals surface area contributed by atoms with Crippen LogP contribution in [0.1, 0.15) is 5.56 Å². The summed E-state index contributed by atoms with van der Waals surface area (Å²) < 4.78 is 39.9. The zero-order chi connectivity index (χ0) is 16.6. The van der Waals surface area contributed by atoms with Gasteiger partial charge in [-0.15, -0.1) is 0 Å². The number of hydrogen-bond donors (Lipinski definition) is 1. The number of nitrogens with one attached hydrogen (secondary N) is 1. The van der Waals surface area contributed by atoms with Gasteiger partial charge >= 0.3 is 11.9 Å². The van der Waals surface area contributed by atoms with Crippen molar-refractivity contribution in [3.05, 3.63) is 75.8 Å². The van der Waals surface area contributed by atoms with Crippen LogP contribution < -0.4 is 5.69 Å². The van der Waals surface area contributed by atoms with E-state index < -0.39 is 17.4 Å². The third kappa shape index (κ3) is 3.03. The molecule has 0 fully saturated rings. The number of hydrogen-bond acceptors (Lipinski definition) is 1. The van der Waals surface area contributed by atoms with Gasteiger partial charge in [0.1, 0.15) is 0 Å². The molecule has 1 heterocycles. The van der Waals surface area contributed by atoms with Crippen LogP contribution in [0, 0.1) is 0 Å². The summed E-state index contributed by atoms with van der Waals surface area (Å²) in [5.74, 6) is 0. The Hall–Kier alpha value is -2.47. The summed E-state index contributed by atoms with van der Waals surface area (Å²) in [6.07, 6.45) is -3.07. The number of rotatable bonds is 2. The van der Waals surface area contributed by atoms with Gasteiger partial charge in [0.25, 0.3) is 0 Å². The van der Waals surface area contributed by atoms with Crippen molar-refractivity contribution in [2.24, 2.45) is 0 Å². The van der Waals surface area contributed by atoms with E-state index in [1.807, 2.05) is 0 Å². The summed E-state index contributed by atoms with van der Waals surface area (Å²) in [6.45, 7) is 0. The standard InChI is InChI=1S/C16H10ClF3N2O/c17-12-4-6-13(7-5-12)22-14(9-21-15(22)23)10-2-1-3-11(8-10)16(18,19)20/h1-9H,(H,21,23). The van der Waals surface area contributed by atoms with Gasteiger partial charge in [-0.05, 0) is 36.4 Å². The zero-order valence-electron chi connectivity index (χ0n) is 11.6. The van der Waals surface area contributed by atoms with Crippen LogP contribution in [0.5, 0.6) is 0 Å². The van der Waals surface area contributed by atoms with Crippen molar-refractivity contribution in [2.45, 2.75) is 6.18 Å². The molecule has 0 saturated heterocycles. The fourth-order valence-corrected chi connectivity index (χ4v) is 2.41. The van der Waals surface area contributed by atoms with Gasteiger partial charge in [-0.3, -0.25) is 4.57 Å². The number of H-pyrrole nitrogens is 1. The van der Waals surface area contributed by atoms with Crippen molar-refractivity contribution >= 4 is 11.6 Å². The predicted molar refractivity (Wildman–Crippen MR) is 81.8 cm³/mol. The van der Waals surface area contributed by atoms with Gasteiger partial charge in [-0.25, -0.2) is 4.79 Å². The van der Waals surface area contributed by atoms with Crippen LogP contribution in [-0.2, 0) is 6.18 Å². The van der Waals surface area contributed by atoms with Gasteiger partial charge in [-0.2, -0.15) is 13.2 Å². The Morgan fingerprint density at radius 1 is 1.04 bits per heavy atom. The second kappa shape index (κ2) is 5.62. The Bertz CT molecular complexity index is 895. The SMILES string of the molecule is O=c1[nH]cc(-c2cccc(C(F)(F)F)c2)n1-c1ccc(Cl)cc1. The third-order valence-corrected chi connectivity index (χ3v) is 3.60. The van der Waals surface area contributed by atoms with E-state index in [4.69, 9.17) is 11.6 Å². The summed E-state index contributed by atoms with van der Waals surface area (Å²) >= 11 is 5.82. The van der Waals surface area contributed by atoms with Crippen LogP contribution in [0.15, 0.2) is 59.5 Å². The number of alkyl halides is 3. The average molecular weight is 339 g/mol. The summed E-state index contributed by atoms with van der Waals surface area (Å²) in [7, 11) is 0. The van der Waals surface area contributed by atoms with Gasteiger partial charge in [-0.1, -0.05) is 23.7 Å². The smallest absolute Gasteiger partial charge is 0.312 e. The van der Waals surface area contributed by atoms with Crippen LogP contribution in [0.25, 0.3) is 16.9 Å². The highest BCUT2D eigenvalue weighted by Gasteiger charge is 2.30. The summed E-state index contributed by atoms with van der Waals surface area (Å²) in [5.41, 5.74) is -0.0874. The van der Waals surface area contributed by atoms with Crippen molar-refractivity contribution in [1.82, 2.24) is 9.55 Å². The van der Waals surface area contributed by atoms with E-state index in [9.17, 15) is 18.0 Å². The second-order valence-corrected chi connectivity index (χ2v) is 5.31. The molecule has 0 aliphatic carbocycles. The maximum Gasteiger partial charge on any atom is 0.416 e. The lowest BCUT2D eigenvalue weighted by Crippen LogP contribution is -2.15. The van der Waals surface area contributed by atoms with Gasteiger partial charge < -0.3 is 4.98 Å². The monoisotopic (exact) mass is 338 g/mol. The molecule has 3 aromatic rings. The second-order valence-electron chi connectivity index (χ2n) is 4.87. The molecule has 0 bridgehead atoms. The molecule has 3 nitrogen and oxygen atoms in total. The Morgan fingerprint density at radius 2 is 1.74 bits per heavy atom. The highest BCUT2D eigenvalue weighted by atomic mass is 35.5. The lowest BCUT2D eigenvalue weighted by molar-refractivity contribution is -0.137. The molecule has 23 heavy (non-hydrogen) atoms. The van der Waals surface area contributed by atoms with Crippen LogP contribution in [0.3, 0.4) is 0 Å². The minimum Gasteiger partial charge on any atom is -0.312 e. The summed E-state index contributed by atoms with van der Waals surface area (Å²) in [4.78, 5) is 14.5. The maximum atomic E-state index is 12.9. The molecule has 1 N–H and O–H groups in total. The van der Waals surface area contributed by atoms with E-state index in [1.54, 1.807) is 24.3 Å². The Labute approximate surface area is 134 Å². The van der Waals surface area contributed by atoms with E-state index in [-0.39, 0.29) is 5.56 Å². The molecule has 0 radical (unpaired) electrons. The minimum atomic E-state index is -4.45. The molecule has 0 aliphatic heterocycles. The molecular weight excluding hydrogens is 329 g/mol. The van der Waals surface area contributed by atoms with Crippen molar-refractivity contribution in [3.63, 3.8) is 0 Å². The number of benzene rings is 2. The lowest BCUT2D eigenvalue weighted by atomic mass is 10.1. The molecule has 1 aromatic heterocycles. The molecule has 0 unspecified atom stereocenters. The van der Waals surface area contributed by atoms with Crippen molar-refractivity contribution in [1.29, 1.82) is 0 Å². The van der Waals surface area contributed by atoms with E-state index >= 15 is 0 Å². The molecule has 0 aliphatic rings. The molecule has 0 amide bonds. The van der Waals surface area contributed by atoms with Crippen LogP contribution in [-0.4, -0.2) is 9.55 Å². The zero-order valence-corrected chi connectivity index (χ0v) is 12.3. The van der Waals surface area contributed by atoms with Gasteiger partial charge in [0.05, 0.1) is 16.9 Å². The molecule has 3 rings (SSSR count). The Balaban J connectivity index is 2.16. The van der Waals surface area contributed by atoms with E-state index in [2.05, 4.69) is 4.98 Å². The van der Waals surface area contributed by atoms with Crippen LogP contribution in [0.2, 0.25) is 5.02 Å². The molecule has 0 saturated carbocycles. The highest BCUT2D eigenvalue weighted by Crippen LogP contribution is 2.32. The lowest BCUT2D eigenvalue weighted by Gasteiger charge is -2.11. The number of imidazole rings is 1. The molecule has 0 spiro atoms. The highest BCUT2D eigenvalue weighted by molar-refractivity contribution is 6.30. The first-order chi connectivity index (χ1) is 10.9. The third-order valence-electron chi connectivity index (χ3n) is 3.35. The molecular formula is C16H10ClF3N2O. The Kier molecular flexibility index (Phi) is 3.77. The predicted octanol–water partition coefficient (Wildman–Crippen LogP) is 4.50. The van der Waals surface area contributed by atoms with Gasteiger partial charge in [0.15, 0.2) is 0 Å². The quantitative estimate of drug-likeness (QED) is 0.733. The topological polar surface area (TPSA) is 37.8 Å². The van der Waals surface area contributed by atoms with Crippen molar-refractivity contribution in [2.75, 3.05) is 0 Å². The van der Waals surface area contributed by atoms with Gasteiger partial charge in [0, 0.05) is 16.8 Å².